The van der Waals surface area contributed by atoms with E-state index in [4.69, 9.17) is 11.6 Å². The highest BCUT2D eigenvalue weighted by Gasteiger charge is 2.30. The quantitative estimate of drug-likeness (QED) is 0.922. The van der Waals surface area contributed by atoms with Crippen LogP contribution in [0.25, 0.3) is 0 Å². The normalized spacial score (nSPS) is 21.6. The predicted molar refractivity (Wildman–Crippen MR) is 83.4 cm³/mol. The van der Waals surface area contributed by atoms with Gasteiger partial charge in [-0.1, -0.05) is 30.7 Å². The number of aryl methyl sites for hydroxylation is 2. The first-order chi connectivity index (χ1) is 9.65. The van der Waals surface area contributed by atoms with Crippen LogP contribution in [-0.2, 0) is 13.5 Å². The monoisotopic (exact) mass is 289 g/mol. The third kappa shape index (κ3) is 2.68. The second kappa shape index (κ2) is 5.49. The molecular formula is C16H20ClN3. The van der Waals surface area contributed by atoms with E-state index in [1.54, 1.807) is 0 Å². The zero-order valence-electron chi connectivity index (χ0n) is 11.9. The molecule has 0 atom stereocenters. The number of hydrogen-bond acceptors (Lipinski definition) is 2. The average Bonchev–Trinajstić information content (AvgIpc) is 2.73. The van der Waals surface area contributed by atoms with E-state index in [1.165, 1.54) is 24.1 Å². The molecule has 1 aliphatic rings. The van der Waals surface area contributed by atoms with Gasteiger partial charge in [-0.2, -0.15) is 5.10 Å². The summed E-state index contributed by atoms with van der Waals surface area (Å²) in [6.45, 7) is 2.14. The van der Waals surface area contributed by atoms with E-state index in [0.717, 1.165) is 17.1 Å². The van der Waals surface area contributed by atoms with Gasteiger partial charge in [0.1, 0.15) is 0 Å². The Morgan fingerprint density at radius 3 is 2.90 bits per heavy atom. The molecule has 1 saturated carbocycles. The topological polar surface area (TPSA) is 29.9 Å². The fourth-order valence-electron chi connectivity index (χ4n) is 2.90. The van der Waals surface area contributed by atoms with Crippen LogP contribution in [0.1, 0.15) is 36.9 Å². The molecule has 3 nitrogen and oxygen atoms in total. The summed E-state index contributed by atoms with van der Waals surface area (Å²) in [6.07, 6.45) is 5.37. The molecule has 2 aromatic rings. The van der Waals surface area contributed by atoms with Crippen LogP contribution in [0, 0.1) is 0 Å². The van der Waals surface area contributed by atoms with Crippen LogP contribution in [0.4, 0.5) is 5.69 Å². The lowest BCUT2D eigenvalue weighted by Gasteiger charge is -2.36. The number of benzene rings is 1. The van der Waals surface area contributed by atoms with Gasteiger partial charge in [0.25, 0.3) is 0 Å². The molecule has 4 heteroatoms. The lowest BCUT2D eigenvalue weighted by atomic mass is 9.76. The Hall–Kier alpha value is -1.48. The van der Waals surface area contributed by atoms with Crippen LogP contribution in [0.2, 0.25) is 5.02 Å². The first kappa shape index (κ1) is 13.5. The zero-order valence-corrected chi connectivity index (χ0v) is 12.7. The van der Waals surface area contributed by atoms with Crippen LogP contribution in [0.5, 0.6) is 0 Å². The highest BCUT2D eigenvalue weighted by atomic mass is 35.5. The molecule has 0 saturated heterocycles. The van der Waals surface area contributed by atoms with Crippen molar-refractivity contribution in [3.63, 3.8) is 0 Å². The zero-order chi connectivity index (χ0) is 14.1. The Balaban J connectivity index is 1.60. The SMILES string of the molecule is CCc1nn(C)cc1NC1CC(c2cccc(Cl)c2)C1. The fourth-order valence-corrected chi connectivity index (χ4v) is 3.10. The first-order valence-electron chi connectivity index (χ1n) is 7.20. The van der Waals surface area contributed by atoms with E-state index < -0.39 is 0 Å². The van der Waals surface area contributed by atoms with Crippen molar-refractivity contribution in [2.24, 2.45) is 7.05 Å². The molecule has 0 radical (unpaired) electrons. The van der Waals surface area contributed by atoms with Gasteiger partial charge in [-0.05, 0) is 42.9 Å². The third-order valence-corrected chi connectivity index (χ3v) is 4.29. The van der Waals surface area contributed by atoms with Gasteiger partial charge in [0.15, 0.2) is 0 Å². The molecule has 1 N–H and O–H groups in total. The second-order valence-electron chi connectivity index (χ2n) is 5.58. The van der Waals surface area contributed by atoms with E-state index in [9.17, 15) is 0 Å². The van der Waals surface area contributed by atoms with Crippen molar-refractivity contribution in [2.75, 3.05) is 5.32 Å². The summed E-state index contributed by atoms with van der Waals surface area (Å²) in [5, 5.41) is 8.92. The van der Waals surface area contributed by atoms with Gasteiger partial charge in [0.2, 0.25) is 0 Å². The van der Waals surface area contributed by atoms with Gasteiger partial charge in [-0.3, -0.25) is 4.68 Å². The molecule has 0 aliphatic heterocycles. The summed E-state index contributed by atoms with van der Waals surface area (Å²) < 4.78 is 1.88. The van der Waals surface area contributed by atoms with E-state index in [-0.39, 0.29) is 0 Å². The van der Waals surface area contributed by atoms with Gasteiger partial charge < -0.3 is 5.32 Å². The molecule has 20 heavy (non-hydrogen) atoms. The summed E-state index contributed by atoms with van der Waals surface area (Å²) in [6, 6.07) is 8.78. The number of nitrogens with one attached hydrogen (secondary N) is 1. The summed E-state index contributed by atoms with van der Waals surface area (Å²) >= 11 is 6.05. The summed E-state index contributed by atoms with van der Waals surface area (Å²) in [7, 11) is 1.97. The van der Waals surface area contributed by atoms with Crippen LogP contribution < -0.4 is 5.32 Å². The highest BCUT2D eigenvalue weighted by molar-refractivity contribution is 6.30. The number of halogens is 1. The van der Waals surface area contributed by atoms with Gasteiger partial charge >= 0.3 is 0 Å². The Morgan fingerprint density at radius 1 is 1.40 bits per heavy atom. The van der Waals surface area contributed by atoms with E-state index in [2.05, 4.69) is 35.7 Å². The van der Waals surface area contributed by atoms with Gasteiger partial charge in [0, 0.05) is 24.3 Å². The molecule has 3 rings (SSSR count). The largest absolute Gasteiger partial charge is 0.380 e. The lowest BCUT2D eigenvalue weighted by molar-refractivity contribution is 0.374. The van der Waals surface area contributed by atoms with Crippen LogP contribution in [-0.4, -0.2) is 15.8 Å². The van der Waals surface area contributed by atoms with Crippen molar-refractivity contribution in [3.05, 3.63) is 46.7 Å². The van der Waals surface area contributed by atoms with Crippen molar-refractivity contribution in [1.82, 2.24) is 9.78 Å². The van der Waals surface area contributed by atoms with Crippen molar-refractivity contribution < 1.29 is 0 Å². The Labute approximate surface area is 124 Å². The summed E-state index contributed by atoms with van der Waals surface area (Å²) in [4.78, 5) is 0. The minimum absolute atomic E-state index is 0.550. The van der Waals surface area contributed by atoms with Crippen molar-refractivity contribution in [1.29, 1.82) is 0 Å². The molecule has 106 valence electrons. The van der Waals surface area contributed by atoms with Gasteiger partial charge in [0.05, 0.1) is 11.4 Å². The Kier molecular flexibility index (Phi) is 3.70. The molecule has 0 amide bonds. The van der Waals surface area contributed by atoms with Crippen molar-refractivity contribution in [2.45, 2.75) is 38.1 Å². The van der Waals surface area contributed by atoms with Crippen LogP contribution in [0.3, 0.4) is 0 Å². The van der Waals surface area contributed by atoms with Gasteiger partial charge in [-0.25, -0.2) is 0 Å². The molecule has 0 spiro atoms. The van der Waals surface area contributed by atoms with Crippen molar-refractivity contribution >= 4 is 17.3 Å². The molecule has 0 unspecified atom stereocenters. The number of nitrogens with zero attached hydrogens (tertiary/aromatic N) is 2. The highest BCUT2D eigenvalue weighted by Crippen LogP contribution is 2.39. The van der Waals surface area contributed by atoms with E-state index >= 15 is 0 Å². The van der Waals surface area contributed by atoms with Crippen LogP contribution in [0.15, 0.2) is 30.5 Å². The van der Waals surface area contributed by atoms with Gasteiger partial charge in [-0.15, -0.1) is 0 Å². The third-order valence-electron chi connectivity index (χ3n) is 4.06. The average molecular weight is 290 g/mol. The Bertz CT molecular complexity index is 600. The van der Waals surface area contributed by atoms with E-state index in [1.807, 2.05) is 23.9 Å². The number of rotatable bonds is 4. The minimum Gasteiger partial charge on any atom is -0.380 e. The standard InChI is InChI=1S/C16H20ClN3/c1-3-15-16(10-20(2)19-15)18-14-8-12(9-14)11-5-4-6-13(17)7-11/h4-7,10,12,14,18H,3,8-9H2,1-2H3. The fraction of sp³-hybridized carbons (Fsp3) is 0.438. The first-order valence-corrected chi connectivity index (χ1v) is 7.58. The number of hydrogen-bond donors (Lipinski definition) is 1. The molecule has 1 fully saturated rings. The maximum absolute atomic E-state index is 6.05. The van der Waals surface area contributed by atoms with Crippen LogP contribution >= 0.6 is 11.6 Å². The smallest absolute Gasteiger partial charge is 0.0853 e. The lowest BCUT2D eigenvalue weighted by Crippen LogP contribution is -2.34. The molecule has 1 aromatic carbocycles. The molecule has 1 heterocycles. The Morgan fingerprint density at radius 2 is 2.20 bits per heavy atom. The second-order valence-corrected chi connectivity index (χ2v) is 6.02. The van der Waals surface area contributed by atoms with Crippen molar-refractivity contribution in [3.8, 4) is 0 Å². The molecule has 1 aliphatic carbocycles. The van der Waals surface area contributed by atoms with E-state index in [0.29, 0.717) is 12.0 Å². The summed E-state index contributed by atoms with van der Waals surface area (Å²) in [5.41, 5.74) is 3.70. The number of anilines is 1. The molecule has 0 bridgehead atoms. The maximum atomic E-state index is 6.05. The maximum Gasteiger partial charge on any atom is 0.0853 e. The molecule has 1 aromatic heterocycles. The predicted octanol–water partition coefficient (Wildman–Crippen LogP) is 3.99. The molecular weight excluding hydrogens is 270 g/mol. The number of aromatic nitrogens is 2. The minimum atomic E-state index is 0.550. The summed E-state index contributed by atoms with van der Waals surface area (Å²) in [5.74, 6) is 0.632.